The quantitative estimate of drug-likeness (QED) is 0.710. The van der Waals surface area contributed by atoms with Crippen LogP contribution in [0.2, 0.25) is 0 Å². The molecule has 1 aromatic rings. The van der Waals surface area contributed by atoms with Gasteiger partial charge in [-0.25, -0.2) is 4.98 Å². The van der Waals surface area contributed by atoms with E-state index < -0.39 is 0 Å². The molecule has 3 heteroatoms. The van der Waals surface area contributed by atoms with E-state index in [0.717, 1.165) is 11.5 Å². The molecule has 0 saturated carbocycles. The van der Waals surface area contributed by atoms with Crippen LogP contribution < -0.4 is 5.32 Å². The van der Waals surface area contributed by atoms with Crippen LogP contribution in [0.25, 0.3) is 0 Å². The van der Waals surface area contributed by atoms with Crippen LogP contribution in [-0.2, 0) is 0 Å². The highest BCUT2D eigenvalue weighted by Crippen LogP contribution is 2.08. The Morgan fingerprint density at radius 1 is 1.69 bits per heavy atom. The second-order valence-electron chi connectivity index (χ2n) is 2.66. The number of hydrogen-bond donors (Lipinski definition) is 1. The third kappa shape index (κ3) is 2.60. The summed E-state index contributed by atoms with van der Waals surface area (Å²) in [5.74, 6) is 0.719. The van der Waals surface area contributed by atoms with Gasteiger partial charge in [0.05, 0.1) is 11.6 Å². The van der Waals surface area contributed by atoms with Crippen molar-refractivity contribution >= 4 is 5.82 Å². The summed E-state index contributed by atoms with van der Waals surface area (Å²) in [7, 11) is 0. The van der Waals surface area contributed by atoms with Crippen molar-refractivity contribution in [2.75, 3.05) is 11.9 Å². The topological polar surface area (TPSA) is 48.7 Å². The highest BCUT2D eigenvalue weighted by molar-refractivity contribution is 5.44. The Labute approximate surface area is 77.7 Å². The molecule has 0 unspecified atom stereocenters. The summed E-state index contributed by atoms with van der Waals surface area (Å²) >= 11 is 0. The van der Waals surface area contributed by atoms with Gasteiger partial charge in [-0.15, -0.1) is 6.58 Å². The number of pyridine rings is 1. The lowest BCUT2D eigenvalue weighted by Crippen LogP contribution is -2.01. The van der Waals surface area contributed by atoms with Crippen LogP contribution in [0, 0.1) is 18.3 Å². The van der Waals surface area contributed by atoms with E-state index >= 15 is 0 Å². The molecule has 0 radical (unpaired) electrons. The first-order valence-electron chi connectivity index (χ1n) is 4.00. The number of aryl methyl sites for hydroxylation is 1. The summed E-state index contributed by atoms with van der Waals surface area (Å²) in [6.07, 6.45) is 1.75. The van der Waals surface area contributed by atoms with Crippen LogP contribution >= 0.6 is 0 Å². The molecule has 13 heavy (non-hydrogen) atoms. The highest BCUT2D eigenvalue weighted by Gasteiger charge is 1.97. The zero-order chi connectivity index (χ0) is 9.68. The second kappa shape index (κ2) is 4.27. The van der Waals surface area contributed by atoms with Gasteiger partial charge in [-0.1, -0.05) is 6.08 Å². The van der Waals surface area contributed by atoms with Crippen LogP contribution in [0.5, 0.6) is 0 Å². The number of rotatable bonds is 3. The molecule has 0 spiro atoms. The maximum Gasteiger partial charge on any atom is 0.127 e. The molecule has 0 atom stereocenters. The van der Waals surface area contributed by atoms with E-state index in [9.17, 15) is 0 Å². The molecule has 0 aliphatic rings. The Balaban J connectivity index is 2.89. The molecular weight excluding hydrogens is 162 g/mol. The molecule has 1 rings (SSSR count). The van der Waals surface area contributed by atoms with Gasteiger partial charge in [0.15, 0.2) is 0 Å². The summed E-state index contributed by atoms with van der Waals surface area (Å²) in [6, 6.07) is 5.55. The van der Waals surface area contributed by atoms with E-state index in [-0.39, 0.29) is 0 Å². The Morgan fingerprint density at radius 2 is 2.46 bits per heavy atom. The number of nitriles is 1. The Bertz CT molecular complexity index is 350. The van der Waals surface area contributed by atoms with Gasteiger partial charge in [-0.3, -0.25) is 0 Å². The van der Waals surface area contributed by atoms with Crippen LogP contribution in [0.15, 0.2) is 24.8 Å². The number of hydrogen-bond acceptors (Lipinski definition) is 3. The number of anilines is 1. The average Bonchev–Trinajstić information content (AvgIpc) is 2.14. The fourth-order valence-electron chi connectivity index (χ4n) is 1.00. The zero-order valence-corrected chi connectivity index (χ0v) is 7.54. The molecule has 0 bridgehead atoms. The molecule has 66 valence electrons. The molecule has 1 N–H and O–H groups in total. The lowest BCUT2D eigenvalue weighted by atomic mass is 10.2. The molecule has 1 aromatic heterocycles. The molecule has 3 nitrogen and oxygen atoms in total. The van der Waals surface area contributed by atoms with Crippen LogP contribution in [0.1, 0.15) is 11.3 Å². The first kappa shape index (κ1) is 9.27. The summed E-state index contributed by atoms with van der Waals surface area (Å²) < 4.78 is 0. The molecule has 0 amide bonds. The molecule has 0 aliphatic heterocycles. The first-order valence-corrected chi connectivity index (χ1v) is 4.00. The monoisotopic (exact) mass is 173 g/mol. The maximum absolute atomic E-state index is 8.69. The van der Waals surface area contributed by atoms with E-state index in [0.29, 0.717) is 12.1 Å². The lowest BCUT2D eigenvalue weighted by Gasteiger charge is -2.03. The first-order chi connectivity index (χ1) is 6.26. The van der Waals surface area contributed by atoms with Gasteiger partial charge in [0.1, 0.15) is 5.82 Å². The van der Waals surface area contributed by atoms with Crippen molar-refractivity contribution in [2.24, 2.45) is 0 Å². The average molecular weight is 173 g/mol. The van der Waals surface area contributed by atoms with Crippen molar-refractivity contribution in [3.8, 4) is 6.07 Å². The van der Waals surface area contributed by atoms with Gasteiger partial charge in [0.25, 0.3) is 0 Å². The van der Waals surface area contributed by atoms with E-state index in [2.05, 4.69) is 22.9 Å². The summed E-state index contributed by atoms with van der Waals surface area (Å²) in [6.45, 7) is 6.10. The predicted molar refractivity (Wildman–Crippen MR) is 52.4 cm³/mol. The van der Waals surface area contributed by atoms with Crippen molar-refractivity contribution < 1.29 is 0 Å². The maximum atomic E-state index is 8.69. The Morgan fingerprint density at radius 3 is 3.08 bits per heavy atom. The van der Waals surface area contributed by atoms with Gasteiger partial charge < -0.3 is 5.32 Å². The Hall–Kier alpha value is -1.82. The van der Waals surface area contributed by atoms with Crippen molar-refractivity contribution in [1.82, 2.24) is 4.98 Å². The third-order valence-corrected chi connectivity index (χ3v) is 1.51. The minimum Gasteiger partial charge on any atom is -0.367 e. The summed E-state index contributed by atoms with van der Waals surface area (Å²) in [5.41, 5.74) is 1.46. The van der Waals surface area contributed by atoms with E-state index in [1.165, 1.54) is 0 Å². The van der Waals surface area contributed by atoms with E-state index in [4.69, 9.17) is 5.26 Å². The normalized spacial score (nSPS) is 8.92. The molecule has 1 heterocycles. The van der Waals surface area contributed by atoms with Crippen LogP contribution in [-0.4, -0.2) is 11.5 Å². The van der Waals surface area contributed by atoms with Crippen molar-refractivity contribution in [2.45, 2.75) is 6.92 Å². The smallest absolute Gasteiger partial charge is 0.127 e. The van der Waals surface area contributed by atoms with E-state index in [1.54, 1.807) is 18.2 Å². The van der Waals surface area contributed by atoms with Gasteiger partial charge >= 0.3 is 0 Å². The fourth-order valence-corrected chi connectivity index (χ4v) is 1.00. The molecule has 0 aromatic carbocycles. The largest absolute Gasteiger partial charge is 0.367 e. The minimum absolute atomic E-state index is 0.624. The fraction of sp³-hybridized carbons (Fsp3) is 0.200. The van der Waals surface area contributed by atoms with E-state index in [1.807, 2.05) is 6.92 Å². The van der Waals surface area contributed by atoms with Crippen LogP contribution in [0.4, 0.5) is 5.82 Å². The molecule has 0 aliphatic carbocycles. The minimum atomic E-state index is 0.624. The van der Waals surface area contributed by atoms with Crippen molar-refractivity contribution in [3.05, 3.63) is 36.0 Å². The van der Waals surface area contributed by atoms with Gasteiger partial charge in [0, 0.05) is 12.2 Å². The summed E-state index contributed by atoms with van der Waals surface area (Å²) in [5, 5.41) is 11.7. The second-order valence-corrected chi connectivity index (χ2v) is 2.66. The van der Waals surface area contributed by atoms with Gasteiger partial charge in [-0.2, -0.15) is 5.26 Å². The SMILES string of the molecule is C=CCNc1cc(C#N)cc(C)n1. The number of aromatic nitrogens is 1. The molecule has 0 fully saturated rings. The predicted octanol–water partition coefficient (Wildman–Crippen LogP) is 1.86. The highest BCUT2D eigenvalue weighted by atomic mass is 15.0. The van der Waals surface area contributed by atoms with Gasteiger partial charge in [-0.05, 0) is 19.1 Å². The van der Waals surface area contributed by atoms with Crippen LogP contribution in [0.3, 0.4) is 0 Å². The van der Waals surface area contributed by atoms with Gasteiger partial charge in [0.2, 0.25) is 0 Å². The lowest BCUT2D eigenvalue weighted by molar-refractivity contribution is 1.16. The Kier molecular flexibility index (Phi) is 3.04. The van der Waals surface area contributed by atoms with Crippen molar-refractivity contribution in [1.29, 1.82) is 5.26 Å². The summed E-state index contributed by atoms with van der Waals surface area (Å²) in [4.78, 5) is 4.21. The third-order valence-electron chi connectivity index (χ3n) is 1.51. The molecule has 0 saturated heterocycles. The number of nitrogens with zero attached hydrogens (tertiary/aromatic N) is 2. The molecular formula is C10H11N3. The standard InChI is InChI=1S/C10H11N3/c1-3-4-12-10-6-9(7-11)5-8(2)13-10/h3,5-6H,1,4H2,2H3,(H,12,13). The van der Waals surface area contributed by atoms with Crippen molar-refractivity contribution in [3.63, 3.8) is 0 Å². The number of nitrogens with one attached hydrogen (secondary N) is 1. The zero-order valence-electron chi connectivity index (χ0n) is 7.54.